The SMILES string of the molecule is CCOC(=O)C(N)CCN(C)CC1CC2CCC1C2. The molecule has 19 heavy (non-hydrogen) atoms. The number of nitrogens with two attached hydrogens (primary N) is 1. The molecule has 0 aromatic rings. The number of rotatable bonds is 7. The zero-order chi connectivity index (χ0) is 13.8. The van der Waals surface area contributed by atoms with Crippen LogP contribution in [0.25, 0.3) is 0 Å². The van der Waals surface area contributed by atoms with E-state index in [9.17, 15) is 4.79 Å². The summed E-state index contributed by atoms with van der Waals surface area (Å²) in [5, 5.41) is 0. The third-order valence-corrected chi connectivity index (χ3v) is 4.84. The third kappa shape index (κ3) is 3.93. The molecule has 2 aliphatic carbocycles. The average Bonchev–Trinajstić information content (AvgIpc) is 2.98. The summed E-state index contributed by atoms with van der Waals surface area (Å²) in [7, 11) is 2.14. The first-order valence-corrected chi connectivity index (χ1v) is 7.71. The van der Waals surface area contributed by atoms with Crippen LogP contribution in [-0.2, 0) is 9.53 Å². The highest BCUT2D eigenvalue weighted by molar-refractivity contribution is 5.75. The lowest BCUT2D eigenvalue weighted by Crippen LogP contribution is -2.37. The normalized spacial score (nSPS) is 30.8. The van der Waals surface area contributed by atoms with Crippen molar-refractivity contribution in [1.29, 1.82) is 0 Å². The van der Waals surface area contributed by atoms with E-state index in [-0.39, 0.29) is 5.97 Å². The molecule has 4 heteroatoms. The third-order valence-electron chi connectivity index (χ3n) is 4.84. The minimum absolute atomic E-state index is 0.268. The molecule has 2 aliphatic rings. The molecule has 0 spiro atoms. The second-order valence-electron chi connectivity index (χ2n) is 6.34. The molecule has 0 amide bonds. The molecule has 0 aromatic heterocycles. The van der Waals surface area contributed by atoms with Crippen molar-refractivity contribution in [2.24, 2.45) is 23.5 Å². The molecule has 2 fully saturated rings. The Morgan fingerprint density at radius 3 is 2.79 bits per heavy atom. The van der Waals surface area contributed by atoms with E-state index < -0.39 is 6.04 Å². The van der Waals surface area contributed by atoms with Gasteiger partial charge in [-0.1, -0.05) is 6.42 Å². The zero-order valence-electron chi connectivity index (χ0n) is 12.3. The van der Waals surface area contributed by atoms with Crippen LogP contribution in [0.4, 0.5) is 0 Å². The summed E-state index contributed by atoms with van der Waals surface area (Å²) in [6.07, 6.45) is 6.46. The second kappa shape index (κ2) is 6.71. The molecule has 2 saturated carbocycles. The van der Waals surface area contributed by atoms with E-state index in [1.165, 1.54) is 25.7 Å². The lowest BCUT2D eigenvalue weighted by molar-refractivity contribution is -0.144. The Balaban J connectivity index is 1.64. The summed E-state index contributed by atoms with van der Waals surface area (Å²) in [6.45, 7) is 4.27. The Kier molecular flexibility index (Phi) is 5.22. The van der Waals surface area contributed by atoms with Crippen molar-refractivity contribution in [2.75, 3.05) is 26.7 Å². The summed E-state index contributed by atoms with van der Waals surface area (Å²) in [5.41, 5.74) is 5.82. The van der Waals surface area contributed by atoms with Gasteiger partial charge in [-0.25, -0.2) is 0 Å². The lowest BCUT2D eigenvalue weighted by atomic mass is 9.88. The maximum atomic E-state index is 11.4. The van der Waals surface area contributed by atoms with Gasteiger partial charge in [-0.05, 0) is 64.0 Å². The zero-order valence-corrected chi connectivity index (χ0v) is 12.3. The van der Waals surface area contributed by atoms with Gasteiger partial charge < -0.3 is 15.4 Å². The van der Waals surface area contributed by atoms with Crippen LogP contribution in [0.2, 0.25) is 0 Å². The molecule has 2 rings (SSSR count). The standard InChI is InChI=1S/C15H28N2O2/c1-3-19-15(18)14(16)6-7-17(2)10-13-9-11-4-5-12(13)8-11/h11-14H,3-10,16H2,1-2H3. The summed E-state index contributed by atoms with van der Waals surface area (Å²) >= 11 is 0. The fourth-order valence-corrected chi connectivity index (χ4v) is 3.82. The van der Waals surface area contributed by atoms with Gasteiger partial charge in [0.25, 0.3) is 0 Å². The van der Waals surface area contributed by atoms with Crippen LogP contribution in [0.15, 0.2) is 0 Å². The monoisotopic (exact) mass is 268 g/mol. The molecule has 0 aromatic carbocycles. The fourth-order valence-electron chi connectivity index (χ4n) is 3.82. The number of hydrogen-bond donors (Lipinski definition) is 1. The number of ether oxygens (including phenoxy) is 1. The molecule has 4 atom stereocenters. The number of esters is 1. The number of carbonyl (C=O) groups excluding carboxylic acids is 1. The molecular weight excluding hydrogens is 240 g/mol. The highest BCUT2D eigenvalue weighted by Crippen LogP contribution is 2.48. The van der Waals surface area contributed by atoms with E-state index in [4.69, 9.17) is 10.5 Å². The predicted octanol–water partition coefficient (Wildman–Crippen LogP) is 1.63. The summed E-state index contributed by atoms with van der Waals surface area (Å²) in [4.78, 5) is 13.8. The van der Waals surface area contributed by atoms with Crippen LogP contribution in [0.3, 0.4) is 0 Å². The van der Waals surface area contributed by atoms with Gasteiger partial charge in [-0.15, -0.1) is 0 Å². The molecule has 2 N–H and O–H groups in total. The van der Waals surface area contributed by atoms with Crippen LogP contribution in [-0.4, -0.2) is 43.7 Å². The summed E-state index contributed by atoms with van der Waals surface area (Å²) in [5.74, 6) is 2.58. The molecule has 0 saturated heterocycles. The maximum Gasteiger partial charge on any atom is 0.322 e. The van der Waals surface area contributed by atoms with E-state index in [1.54, 1.807) is 0 Å². The molecule has 0 heterocycles. The van der Waals surface area contributed by atoms with E-state index >= 15 is 0 Å². The minimum Gasteiger partial charge on any atom is -0.465 e. The molecule has 0 aliphatic heterocycles. The van der Waals surface area contributed by atoms with Crippen molar-refractivity contribution in [3.05, 3.63) is 0 Å². The summed E-state index contributed by atoms with van der Waals surface area (Å²) in [6, 6.07) is -0.470. The Morgan fingerprint density at radius 1 is 1.42 bits per heavy atom. The molecule has 2 bridgehead atoms. The Bertz CT molecular complexity index is 309. The van der Waals surface area contributed by atoms with Gasteiger partial charge >= 0.3 is 5.97 Å². The maximum absolute atomic E-state index is 11.4. The molecular formula is C15H28N2O2. The van der Waals surface area contributed by atoms with Crippen molar-refractivity contribution in [2.45, 2.75) is 45.1 Å². The fraction of sp³-hybridized carbons (Fsp3) is 0.933. The minimum atomic E-state index is -0.470. The van der Waals surface area contributed by atoms with Crippen LogP contribution >= 0.6 is 0 Å². The number of hydrogen-bond acceptors (Lipinski definition) is 4. The number of fused-ring (bicyclic) bond motifs is 2. The topological polar surface area (TPSA) is 55.6 Å². The Labute approximate surface area is 116 Å². The van der Waals surface area contributed by atoms with Gasteiger partial charge in [0.2, 0.25) is 0 Å². The number of carbonyl (C=O) groups is 1. The van der Waals surface area contributed by atoms with Crippen molar-refractivity contribution >= 4 is 5.97 Å². The van der Waals surface area contributed by atoms with Crippen molar-refractivity contribution < 1.29 is 9.53 Å². The molecule has 4 unspecified atom stereocenters. The lowest BCUT2D eigenvalue weighted by Gasteiger charge is -2.27. The van der Waals surface area contributed by atoms with Crippen molar-refractivity contribution in [3.8, 4) is 0 Å². The van der Waals surface area contributed by atoms with Crippen molar-refractivity contribution in [3.63, 3.8) is 0 Å². The van der Waals surface area contributed by atoms with Crippen LogP contribution in [0, 0.1) is 17.8 Å². The smallest absolute Gasteiger partial charge is 0.322 e. The summed E-state index contributed by atoms with van der Waals surface area (Å²) < 4.78 is 4.93. The van der Waals surface area contributed by atoms with Crippen LogP contribution in [0.1, 0.15) is 39.0 Å². The predicted molar refractivity (Wildman–Crippen MR) is 75.7 cm³/mol. The first-order valence-electron chi connectivity index (χ1n) is 7.71. The van der Waals surface area contributed by atoms with Crippen molar-refractivity contribution in [1.82, 2.24) is 4.90 Å². The highest BCUT2D eigenvalue weighted by atomic mass is 16.5. The van der Waals surface area contributed by atoms with Gasteiger partial charge in [0, 0.05) is 6.54 Å². The van der Waals surface area contributed by atoms with Gasteiger partial charge in [0.05, 0.1) is 6.61 Å². The Hall–Kier alpha value is -0.610. The van der Waals surface area contributed by atoms with E-state index in [0.29, 0.717) is 13.0 Å². The largest absolute Gasteiger partial charge is 0.465 e. The molecule has 0 radical (unpaired) electrons. The second-order valence-corrected chi connectivity index (χ2v) is 6.34. The van der Waals surface area contributed by atoms with Gasteiger partial charge in [0.1, 0.15) is 6.04 Å². The van der Waals surface area contributed by atoms with E-state index in [0.717, 1.165) is 30.8 Å². The quantitative estimate of drug-likeness (QED) is 0.713. The molecule has 4 nitrogen and oxygen atoms in total. The average molecular weight is 268 g/mol. The van der Waals surface area contributed by atoms with Gasteiger partial charge in [-0.3, -0.25) is 4.79 Å². The van der Waals surface area contributed by atoms with Gasteiger partial charge in [0.15, 0.2) is 0 Å². The Morgan fingerprint density at radius 2 is 2.21 bits per heavy atom. The first kappa shape index (κ1) is 14.8. The van der Waals surface area contributed by atoms with Gasteiger partial charge in [-0.2, -0.15) is 0 Å². The van der Waals surface area contributed by atoms with E-state index in [1.807, 2.05) is 6.92 Å². The highest BCUT2D eigenvalue weighted by Gasteiger charge is 2.39. The van der Waals surface area contributed by atoms with E-state index in [2.05, 4.69) is 11.9 Å². The first-order chi connectivity index (χ1) is 9.10. The van der Waals surface area contributed by atoms with Crippen LogP contribution in [0.5, 0.6) is 0 Å². The molecule has 110 valence electrons. The number of nitrogens with zero attached hydrogens (tertiary/aromatic N) is 1. The van der Waals surface area contributed by atoms with Crippen LogP contribution < -0.4 is 5.73 Å².